The van der Waals surface area contributed by atoms with Gasteiger partial charge < -0.3 is 9.84 Å². The molecule has 0 atom stereocenters. The molecule has 2 rings (SSSR count). The van der Waals surface area contributed by atoms with Crippen LogP contribution < -0.4 is 0 Å². The molecule has 5 heteroatoms. The van der Waals surface area contributed by atoms with E-state index in [1.165, 1.54) is 13.2 Å². The maximum atomic E-state index is 11.8. The number of phenolic OH excluding ortho intramolecular Hbond substituents is 1. The Bertz CT molecular complexity index is 710. The summed E-state index contributed by atoms with van der Waals surface area (Å²) in [5, 5.41) is 10.3. The second-order valence-corrected chi connectivity index (χ2v) is 5.30. The molecule has 0 radical (unpaired) electrons. The van der Waals surface area contributed by atoms with Crippen LogP contribution in [0.1, 0.15) is 15.9 Å². The highest BCUT2D eigenvalue weighted by Crippen LogP contribution is 2.31. The first-order valence-electron chi connectivity index (χ1n) is 6.63. The summed E-state index contributed by atoms with van der Waals surface area (Å²) < 4.78 is 4.65. The normalized spacial score (nSPS) is 10.3. The summed E-state index contributed by atoms with van der Waals surface area (Å²) in [7, 11) is 1.34. The quantitative estimate of drug-likeness (QED) is 0.503. The topological polar surface area (TPSA) is 63.6 Å². The minimum absolute atomic E-state index is 0.0630. The Morgan fingerprint density at radius 2 is 1.95 bits per heavy atom. The van der Waals surface area contributed by atoms with E-state index in [4.69, 9.17) is 0 Å². The zero-order chi connectivity index (χ0) is 16.1. The maximum absolute atomic E-state index is 11.8. The van der Waals surface area contributed by atoms with Crippen LogP contribution >= 0.6 is 15.9 Å². The molecule has 4 nitrogen and oxygen atoms in total. The van der Waals surface area contributed by atoms with Crippen molar-refractivity contribution in [3.8, 4) is 16.9 Å². The summed E-state index contributed by atoms with van der Waals surface area (Å²) in [6.07, 6.45) is 0.158. The van der Waals surface area contributed by atoms with Gasteiger partial charge in [-0.25, -0.2) is 0 Å². The predicted molar refractivity (Wildman–Crippen MR) is 87.4 cm³/mol. The zero-order valence-corrected chi connectivity index (χ0v) is 13.6. The maximum Gasteiger partial charge on any atom is 0.309 e. The van der Waals surface area contributed by atoms with Gasteiger partial charge >= 0.3 is 5.97 Å². The predicted octanol–water partition coefficient (Wildman–Crippen LogP) is 3.35. The molecule has 0 amide bonds. The molecule has 1 N–H and O–H groups in total. The number of ether oxygens (including phenoxy) is 1. The van der Waals surface area contributed by atoms with Crippen LogP contribution in [-0.2, 0) is 16.0 Å². The number of hydrogen-bond donors (Lipinski definition) is 1. The first-order valence-corrected chi connectivity index (χ1v) is 7.75. The molecule has 22 heavy (non-hydrogen) atoms. The van der Waals surface area contributed by atoms with Gasteiger partial charge in [0.15, 0.2) is 5.78 Å². The largest absolute Gasteiger partial charge is 0.507 e. The number of benzene rings is 2. The zero-order valence-electron chi connectivity index (χ0n) is 12.0. The van der Waals surface area contributed by atoms with Crippen molar-refractivity contribution in [1.29, 1.82) is 0 Å². The number of esters is 1. The van der Waals surface area contributed by atoms with Gasteiger partial charge in [0.25, 0.3) is 0 Å². The van der Waals surface area contributed by atoms with Crippen LogP contribution in [0.15, 0.2) is 42.5 Å². The molecule has 0 unspecified atom stereocenters. The van der Waals surface area contributed by atoms with Gasteiger partial charge in [0.1, 0.15) is 5.75 Å². The molecule has 0 heterocycles. The number of alkyl halides is 1. The molecule has 0 bridgehead atoms. The minimum Gasteiger partial charge on any atom is -0.507 e. The molecule has 0 fully saturated rings. The highest BCUT2D eigenvalue weighted by Gasteiger charge is 2.11. The molecule has 0 aliphatic rings. The van der Waals surface area contributed by atoms with Gasteiger partial charge in [-0.05, 0) is 29.3 Å². The Kier molecular flexibility index (Phi) is 5.33. The second-order valence-electron chi connectivity index (χ2n) is 4.74. The van der Waals surface area contributed by atoms with E-state index in [9.17, 15) is 14.7 Å². The number of Topliss-reactive ketones (excluding diaryl/α,β-unsaturated/α-hetero) is 1. The number of aromatic hydroxyl groups is 1. The summed E-state index contributed by atoms with van der Waals surface area (Å²) in [5.74, 6) is -0.308. The van der Waals surface area contributed by atoms with Crippen LogP contribution in [0.2, 0.25) is 0 Å². The lowest BCUT2D eigenvalue weighted by Gasteiger charge is -2.09. The highest BCUT2D eigenvalue weighted by molar-refractivity contribution is 9.09. The molecule has 0 spiro atoms. The van der Waals surface area contributed by atoms with Gasteiger partial charge in [-0.3, -0.25) is 9.59 Å². The molecule has 114 valence electrons. The monoisotopic (exact) mass is 362 g/mol. The molecule has 0 saturated carbocycles. The summed E-state index contributed by atoms with van der Waals surface area (Å²) >= 11 is 3.13. The number of halogens is 1. The molecule has 0 aliphatic carbocycles. The Hall–Kier alpha value is -2.14. The number of carbonyl (C=O) groups is 2. The van der Waals surface area contributed by atoms with Gasteiger partial charge in [0.2, 0.25) is 0 Å². The Balaban J connectivity index is 2.41. The number of carbonyl (C=O) groups excluding carboxylic acids is 2. The molecule has 0 aliphatic heterocycles. The smallest absolute Gasteiger partial charge is 0.309 e. The average molecular weight is 363 g/mol. The van der Waals surface area contributed by atoms with Crippen molar-refractivity contribution in [1.82, 2.24) is 0 Å². The van der Waals surface area contributed by atoms with Crippen LogP contribution in [0.5, 0.6) is 5.75 Å². The van der Waals surface area contributed by atoms with Crippen molar-refractivity contribution in [2.24, 2.45) is 0 Å². The summed E-state index contributed by atoms with van der Waals surface area (Å²) in [4.78, 5) is 23.1. The third-order valence-corrected chi connectivity index (χ3v) is 3.76. The van der Waals surface area contributed by atoms with Crippen LogP contribution in [0.4, 0.5) is 0 Å². The first-order chi connectivity index (χ1) is 10.5. The van der Waals surface area contributed by atoms with Crippen molar-refractivity contribution < 1.29 is 19.4 Å². The van der Waals surface area contributed by atoms with Gasteiger partial charge in [-0.2, -0.15) is 0 Å². The Morgan fingerprint density at radius 1 is 1.18 bits per heavy atom. The number of hydrogen-bond acceptors (Lipinski definition) is 4. The molecule has 2 aromatic rings. The van der Waals surface area contributed by atoms with Crippen molar-refractivity contribution in [3.63, 3.8) is 0 Å². The van der Waals surface area contributed by atoms with E-state index in [-0.39, 0.29) is 29.3 Å². The van der Waals surface area contributed by atoms with Gasteiger partial charge in [-0.1, -0.05) is 40.2 Å². The van der Waals surface area contributed by atoms with E-state index < -0.39 is 0 Å². The molecular formula is C17H15BrO4. The lowest BCUT2D eigenvalue weighted by Crippen LogP contribution is -2.04. The van der Waals surface area contributed by atoms with E-state index in [0.29, 0.717) is 11.1 Å². The van der Waals surface area contributed by atoms with Gasteiger partial charge in [-0.15, -0.1) is 0 Å². The Morgan fingerprint density at radius 3 is 2.64 bits per heavy atom. The van der Waals surface area contributed by atoms with E-state index in [2.05, 4.69) is 20.7 Å². The lowest BCUT2D eigenvalue weighted by atomic mass is 9.98. The summed E-state index contributed by atoms with van der Waals surface area (Å²) in [6.45, 7) is 0. The fraction of sp³-hybridized carbons (Fsp3) is 0.176. The van der Waals surface area contributed by atoms with E-state index >= 15 is 0 Å². The van der Waals surface area contributed by atoms with Crippen molar-refractivity contribution >= 4 is 27.7 Å². The van der Waals surface area contributed by atoms with Crippen molar-refractivity contribution in [3.05, 3.63) is 53.6 Å². The lowest BCUT2D eigenvalue weighted by molar-refractivity contribution is -0.139. The van der Waals surface area contributed by atoms with E-state index in [0.717, 1.165) is 11.1 Å². The van der Waals surface area contributed by atoms with E-state index in [1.54, 1.807) is 24.3 Å². The molecule has 0 saturated heterocycles. The van der Waals surface area contributed by atoms with Crippen molar-refractivity contribution in [2.45, 2.75) is 6.42 Å². The summed E-state index contributed by atoms with van der Waals surface area (Å²) in [6, 6.07) is 12.0. The minimum atomic E-state index is -0.329. The SMILES string of the molecule is COC(=O)Cc1cccc(-c2cc(C(=O)CBr)ccc2O)c1. The first kappa shape index (κ1) is 16.2. The molecule has 0 aromatic heterocycles. The van der Waals surface area contributed by atoms with Crippen LogP contribution in [0.3, 0.4) is 0 Å². The summed E-state index contributed by atoms with van der Waals surface area (Å²) in [5.41, 5.74) is 2.59. The van der Waals surface area contributed by atoms with Gasteiger partial charge in [0.05, 0.1) is 18.9 Å². The van der Waals surface area contributed by atoms with Gasteiger partial charge in [0, 0.05) is 11.1 Å². The second kappa shape index (κ2) is 7.22. The number of ketones is 1. The van der Waals surface area contributed by atoms with Crippen LogP contribution in [0, 0.1) is 0 Å². The fourth-order valence-corrected chi connectivity index (χ4v) is 2.43. The standard InChI is InChI=1S/C17H15BrO4/c1-22-17(21)8-11-3-2-4-12(7-11)14-9-13(16(20)10-18)5-6-15(14)19/h2-7,9,19H,8,10H2,1H3. The molecule has 2 aromatic carbocycles. The number of methoxy groups -OCH3 is 1. The average Bonchev–Trinajstić information content (AvgIpc) is 2.54. The number of phenols is 1. The van der Waals surface area contributed by atoms with E-state index in [1.807, 2.05) is 12.1 Å². The highest BCUT2D eigenvalue weighted by atomic mass is 79.9. The van der Waals surface area contributed by atoms with Crippen molar-refractivity contribution in [2.75, 3.05) is 12.4 Å². The van der Waals surface area contributed by atoms with Crippen LogP contribution in [0.25, 0.3) is 11.1 Å². The third kappa shape index (κ3) is 3.74. The number of rotatable bonds is 5. The Labute approximate surface area is 136 Å². The molecular weight excluding hydrogens is 348 g/mol. The fourth-order valence-electron chi connectivity index (χ4n) is 2.11. The third-order valence-electron chi connectivity index (χ3n) is 3.25. The van der Waals surface area contributed by atoms with Crippen LogP contribution in [-0.4, -0.2) is 29.3 Å².